The van der Waals surface area contributed by atoms with Gasteiger partial charge in [0, 0.05) is 5.92 Å². The molecule has 1 aliphatic rings. The summed E-state index contributed by atoms with van der Waals surface area (Å²) in [7, 11) is 0. The van der Waals surface area contributed by atoms with Crippen molar-refractivity contribution in [1.82, 2.24) is 0 Å². The maximum atomic E-state index is 5.61. The minimum atomic E-state index is 0.570. The van der Waals surface area contributed by atoms with Crippen LogP contribution in [-0.2, 0) is 0 Å². The molecule has 0 aliphatic heterocycles. The molecule has 1 fully saturated rings. The highest BCUT2D eigenvalue weighted by Gasteiger charge is 2.05. The van der Waals surface area contributed by atoms with E-state index in [1.54, 1.807) is 0 Å². The number of hydrogen-bond acceptors (Lipinski definition) is 0. The summed E-state index contributed by atoms with van der Waals surface area (Å²) < 4.78 is 0. The molecular weight excluding hydrogens is 204 g/mol. The third-order valence-electron chi connectivity index (χ3n) is 4.09. The van der Waals surface area contributed by atoms with Crippen molar-refractivity contribution in [3.8, 4) is 12.3 Å². The molecule has 0 spiro atoms. The van der Waals surface area contributed by atoms with Crippen molar-refractivity contribution in [3.05, 3.63) is 0 Å². The van der Waals surface area contributed by atoms with Gasteiger partial charge >= 0.3 is 0 Å². The van der Waals surface area contributed by atoms with Gasteiger partial charge in [-0.3, -0.25) is 0 Å². The third-order valence-corrected chi connectivity index (χ3v) is 4.09. The van der Waals surface area contributed by atoms with Crippen molar-refractivity contribution >= 4 is 0 Å². The molecular formula is C17H30. The first-order chi connectivity index (χ1) is 8.43. The lowest BCUT2D eigenvalue weighted by atomic mass is 9.95. The van der Waals surface area contributed by atoms with Gasteiger partial charge in [0.15, 0.2) is 0 Å². The zero-order chi connectivity index (χ0) is 12.2. The Morgan fingerprint density at radius 1 is 0.529 bits per heavy atom. The lowest BCUT2D eigenvalue weighted by Crippen LogP contribution is -1.97. The minimum Gasteiger partial charge on any atom is -0.120 e. The zero-order valence-electron chi connectivity index (χ0n) is 11.6. The lowest BCUT2D eigenvalue weighted by Gasteiger charge is -2.10. The Morgan fingerprint density at radius 2 is 0.824 bits per heavy atom. The average Bonchev–Trinajstić information content (AvgIpc) is 2.36. The van der Waals surface area contributed by atoms with E-state index in [2.05, 4.69) is 5.92 Å². The Hall–Kier alpha value is -0.440. The smallest absolute Gasteiger partial charge is 0.0200 e. The average molecular weight is 234 g/mol. The van der Waals surface area contributed by atoms with E-state index in [-0.39, 0.29) is 0 Å². The topological polar surface area (TPSA) is 0 Å². The van der Waals surface area contributed by atoms with Gasteiger partial charge in [0.25, 0.3) is 0 Å². The van der Waals surface area contributed by atoms with Crippen molar-refractivity contribution in [2.75, 3.05) is 0 Å². The summed E-state index contributed by atoms with van der Waals surface area (Å²) >= 11 is 0. The molecule has 0 aromatic carbocycles. The quantitative estimate of drug-likeness (QED) is 0.471. The van der Waals surface area contributed by atoms with Gasteiger partial charge in [-0.05, 0) is 12.8 Å². The van der Waals surface area contributed by atoms with E-state index in [1.807, 2.05) is 0 Å². The Bertz CT molecular complexity index is 183. The molecule has 0 aromatic heterocycles. The van der Waals surface area contributed by atoms with Crippen molar-refractivity contribution in [2.24, 2.45) is 5.92 Å². The highest BCUT2D eigenvalue weighted by molar-refractivity contribution is 4.92. The highest BCUT2D eigenvalue weighted by atomic mass is 14.1. The first-order valence-corrected chi connectivity index (χ1v) is 7.89. The van der Waals surface area contributed by atoms with E-state index in [0.717, 1.165) is 0 Å². The van der Waals surface area contributed by atoms with Crippen LogP contribution in [0.5, 0.6) is 0 Å². The van der Waals surface area contributed by atoms with Crippen LogP contribution in [0, 0.1) is 18.3 Å². The molecule has 1 saturated carbocycles. The van der Waals surface area contributed by atoms with Crippen LogP contribution in [0.15, 0.2) is 0 Å². The molecule has 1 aliphatic carbocycles. The number of hydrogen-bond donors (Lipinski definition) is 0. The standard InChI is InChI=1S/C17H30/c1-2-17-15-13-11-9-7-5-3-4-6-8-10-12-14-16-17/h1,17H,3-16H2. The van der Waals surface area contributed by atoms with Crippen LogP contribution in [0.2, 0.25) is 0 Å². The summed E-state index contributed by atoms with van der Waals surface area (Å²) in [4.78, 5) is 0. The fraction of sp³-hybridized carbons (Fsp3) is 0.882. The maximum absolute atomic E-state index is 5.61. The first kappa shape index (κ1) is 14.6. The summed E-state index contributed by atoms with van der Waals surface area (Å²) in [5.41, 5.74) is 0. The lowest BCUT2D eigenvalue weighted by molar-refractivity contribution is 0.481. The predicted molar refractivity (Wildman–Crippen MR) is 77.0 cm³/mol. The molecule has 0 nitrogen and oxygen atoms in total. The normalized spacial score (nSPS) is 23.2. The second kappa shape index (κ2) is 10.7. The van der Waals surface area contributed by atoms with E-state index >= 15 is 0 Å². The second-order valence-corrected chi connectivity index (χ2v) is 5.68. The van der Waals surface area contributed by atoms with Crippen molar-refractivity contribution in [1.29, 1.82) is 0 Å². The summed E-state index contributed by atoms with van der Waals surface area (Å²) in [5.74, 6) is 3.57. The zero-order valence-corrected chi connectivity index (χ0v) is 11.6. The van der Waals surface area contributed by atoms with Gasteiger partial charge in [-0.2, -0.15) is 0 Å². The van der Waals surface area contributed by atoms with Crippen LogP contribution in [0.1, 0.15) is 89.9 Å². The Kier molecular flexibility index (Phi) is 9.20. The SMILES string of the molecule is C#CC1CCCCCCCCCCCCCC1. The third kappa shape index (κ3) is 8.31. The summed E-state index contributed by atoms with van der Waals surface area (Å²) in [6.45, 7) is 0. The number of rotatable bonds is 0. The molecule has 0 N–H and O–H groups in total. The van der Waals surface area contributed by atoms with Gasteiger partial charge in [0.2, 0.25) is 0 Å². The van der Waals surface area contributed by atoms with Gasteiger partial charge in [-0.1, -0.05) is 77.0 Å². The molecule has 0 heterocycles. The van der Waals surface area contributed by atoms with Gasteiger partial charge < -0.3 is 0 Å². The van der Waals surface area contributed by atoms with E-state index in [4.69, 9.17) is 6.42 Å². The van der Waals surface area contributed by atoms with Crippen LogP contribution < -0.4 is 0 Å². The van der Waals surface area contributed by atoms with Crippen LogP contribution >= 0.6 is 0 Å². The molecule has 98 valence electrons. The van der Waals surface area contributed by atoms with E-state index in [0.29, 0.717) is 5.92 Å². The van der Waals surface area contributed by atoms with E-state index in [1.165, 1.54) is 89.9 Å². The monoisotopic (exact) mass is 234 g/mol. The van der Waals surface area contributed by atoms with Gasteiger partial charge in [0.05, 0.1) is 0 Å². The van der Waals surface area contributed by atoms with Gasteiger partial charge in [-0.15, -0.1) is 12.3 Å². The molecule has 0 aromatic rings. The molecule has 0 unspecified atom stereocenters. The van der Waals surface area contributed by atoms with Crippen LogP contribution in [0.3, 0.4) is 0 Å². The maximum Gasteiger partial charge on any atom is 0.0200 e. The predicted octanol–water partition coefficient (Wildman–Crippen LogP) is 5.71. The molecule has 0 bridgehead atoms. The molecule has 1 rings (SSSR count). The van der Waals surface area contributed by atoms with Crippen LogP contribution in [0.25, 0.3) is 0 Å². The van der Waals surface area contributed by atoms with Gasteiger partial charge in [-0.25, -0.2) is 0 Å². The molecule has 0 saturated heterocycles. The molecule has 0 heteroatoms. The Morgan fingerprint density at radius 3 is 1.12 bits per heavy atom. The highest BCUT2D eigenvalue weighted by Crippen LogP contribution is 2.19. The number of terminal acetylenes is 1. The van der Waals surface area contributed by atoms with Crippen molar-refractivity contribution in [2.45, 2.75) is 89.9 Å². The van der Waals surface area contributed by atoms with Gasteiger partial charge in [0.1, 0.15) is 0 Å². The first-order valence-electron chi connectivity index (χ1n) is 7.89. The van der Waals surface area contributed by atoms with Crippen molar-refractivity contribution < 1.29 is 0 Å². The fourth-order valence-corrected chi connectivity index (χ4v) is 2.86. The molecule has 0 amide bonds. The summed E-state index contributed by atoms with van der Waals surface area (Å²) in [5, 5.41) is 0. The molecule has 17 heavy (non-hydrogen) atoms. The Balaban J connectivity index is 2.19. The second-order valence-electron chi connectivity index (χ2n) is 5.68. The summed E-state index contributed by atoms with van der Waals surface area (Å²) in [6, 6.07) is 0. The van der Waals surface area contributed by atoms with E-state index < -0.39 is 0 Å². The summed E-state index contributed by atoms with van der Waals surface area (Å²) in [6.07, 6.45) is 25.3. The van der Waals surface area contributed by atoms with Crippen LogP contribution in [0.4, 0.5) is 0 Å². The van der Waals surface area contributed by atoms with E-state index in [9.17, 15) is 0 Å². The van der Waals surface area contributed by atoms with Crippen molar-refractivity contribution in [3.63, 3.8) is 0 Å². The Labute approximate surface area is 109 Å². The fourth-order valence-electron chi connectivity index (χ4n) is 2.86. The molecule has 0 radical (unpaired) electrons. The molecule has 0 atom stereocenters. The minimum absolute atomic E-state index is 0.570. The van der Waals surface area contributed by atoms with Crippen LogP contribution in [-0.4, -0.2) is 0 Å². The largest absolute Gasteiger partial charge is 0.120 e.